The molecule has 1 N–H and O–H groups in total. The molecule has 0 aliphatic rings. The lowest BCUT2D eigenvalue weighted by molar-refractivity contribution is -0.145. The molecule has 19 heavy (non-hydrogen) atoms. The first-order valence-corrected chi connectivity index (χ1v) is 7.60. The molecule has 0 fully saturated rings. The Hall–Kier alpha value is -1.11. The van der Waals surface area contributed by atoms with Gasteiger partial charge in [-0.15, -0.1) is 11.6 Å². The first kappa shape index (κ1) is 15.9. The van der Waals surface area contributed by atoms with Gasteiger partial charge >= 0.3 is 5.97 Å². The SMILES string of the molecule is CC(=O)O[C@@H](CCl)CCc1ccc(S(=O)(=O)O)cc1. The first-order valence-electron chi connectivity index (χ1n) is 5.62. The number of ether oxygens (including phenoxy) is 1. The van der Waals surface area contributed by atoms with Crippen molar-refractivity contribution in [3.63, 3.8) is 0 Å². The summed E-state index contributed by atoms with van der Waals surface area (Å²) in [7, 11) is -4.16. The van der Waals surface area contributed by atoms with Crippen molar-refractivity contribution in [2.45, 2.75) is 30.8 Å². The molecule has 0 radical (unpaired) electrons. The molecule has 1 aromatic carbocycles. The van der Waals surface area contributed by atoms with E-state index in [4.69, 9.17) is 20.9 Å². The Morgan fingerprint density at radius 3 is 2.37 bits per heavy atom. The van der Waals surface area contributed by atoms with Crippen molar-refractivity contribution in [1.29, 1.82) is 0 Å². The van der Waals surface area contributed by atoms with Gasteiger partial charge in [-0.2, -0.15) is 8.42 Å². The molecule has 106 valence electrons. The second-order valence-corrected chi connectivity index (χ2v) is 5.77. The number of rotatable bonds is 6. The maximum Gasteiger partial charge on any atom is 0.302 e. The minimum Gasteiger partial charge on any atom is -0.461 e. The number of benzene rings is 1. The van der Waals surface area contributed by atoms with Gasteiger partial charge in [0.1, 0.15) is 6.10 Å². The summed E-state index contributed by atoms with van der Waals surface area (Å²) in [6.45, 7) is 1.32. The molecular weight excluding hydrogens is 292 g/mol. The van der Waals surface area contributed by atoms with Crippen LogP contribution >= 0.6 is 11.6 Å². The van der Waals surface area contributed by atoms with E-state index in [1.165, 1.54) is 19.1 Å². The number of carbonyl (C=O) groups is 1. The minimum atomic E-state index is -4.16. The Labute approximate surface area is 117 Å². The third kappa shape index (κ3) is 5.59. The predicted molar refractivity (Wildman–Crippen MR) is 70.9 cm³/mol. The van der Waals surface area contributed by atoms with Gasteiger partial charge in [0, 0.05) is 6.92 Å². The highest BCUT2D eigenvalue weighted by Crippen LogP contribution is 2.13. The molecule has 0 aromatic heterocycles. The number of halogens is 1. The van der Waals surface area contributed by atoms with E-state index >= 15 is 0 Å². The highest BCUT2D eigenvalue weighted by molar-refractivity contribution is 7.85. The number of alkyl halides is 1. The van der Waals surface area contributed by atoms with E-state index in [2.05, 4.69) is 0 Å². The molecule has 0 bridgehead atoms. The topological polar surface area (TPSA) is 80.7 Å². The van der Waals surface area contributed by atoms with Crippen molar-refractivity contribution in [1.82, 2.24) is 0 Å². The van der Waals surface area contributed by atoms with E-state index in [-0.39, 0.29) is 22.8 Å². The highest BCUT2D eigenvalue weighted by atomic mass is 35.5. The quantitative estimate of drug-likeness (QED) is 0.494. The van der Waals surface area contributed by atoms with Gasteiger partial charge < -0.3 is 4.74 Å². The zero-order valence-electron chi connectivity index (χ0n) is 10.4. The summed E-state index contributed by atoms with van der Waals surface area (Å²) < 4.78 is 35.5. The van der Waals surface area contributed by atoms with Crippen LogP contribution in [0.25, 0.3) is 0 Å². The van der Waals surface area contributed by atoms with Crippen molar-refractivity contribution in [3.05, 3.63) is 29.8 Å². The number of hydrogen-bond acceptors (Lipinski definition) is 4. The van der Waals surface area contributed by atoms with Crippen LogP contribution in [0.15, 0.2) is 29.2 Å². The van der Waals surface area contributed by atoms with E-state index in [0.717, 1.165) is 5.56 Å². The number of hydrogen-bond donors (Lipinski definition) is 1. The van der Waals surface area contributed by atoms with Gasteiger partial charge in [0.25, 0.3) is 10.1 Å². The minimum absolute atomic E-state index is 0.148. The second-order valence-electron chi connectivity index (χ2n) is 4.04. The van der Waals surface area contributed by atoms with Crippen LogP contribution in [0.2, 0.25) is 0 Å². The zero-order chi connectivity index (χ0) is 14.5. The fourth-order valence-electron chi connectivity index (χ4n) is 1.56. The molecular formula is C12H15ClO5S. The van der Waals surface area contributed by atoms with Crippen LogP contribution in [0.3, 0.4) is 0 Å². The molecule has 0 saturated heterocycles. The fourth-order valence-corrected chi connectivity index (χ4v) is 2.26. The van der Waals surface area contributed by atoms with Crippen LogP contribution in [0.4, 0.5) is 0 Å². The molecule has 0 aliphatic carbocycles. The molecule has 1 rings (SSSR count). The van der Waals surface area contributed by atoms with Crippen LogP contribution in [0.5, 0.6) is 0 Å². The summed E-state index contributed by atoms with van der Waals surface area (Å²) in [5.74, 6) is -0.171. The molecule has 1 atom stereocenters. The lowest BCUT2D eigenvalue weighted by Gasteiger charge is -2.13. The second kappa shape index (κ2) is 6.88. The molecule has 0 spiro atoms. The summed E-state index contributed by atoms with van der Waals surface area (Å²) in [5.41, 5.74) is 0.870. The zero-order valence-corrected chi connectivity index (χ0v) is 11.9. The number of carbonyl (C=O) groups excluding carboxylic acids is 1. The summed E-state index contributed by atoms with van der Waals surface area (Å²) in [6.07, 6.45) is 0.783. The summed E-state index contributed by atoms with van der Waals surface area (Å²) in [4.78, 5) is 10.7. The van der Waals surface area contributed by atoms with Crippen molar-refractivity contribution in [3.8, 4) is 0 Å². The fraction of sp³-hybridized carbons (Fsp3) is 0.417. The summed E-state index contributed by atoms with van der Waals surface area (Å²) >= 11 is 5.67. The molecule has 0 saturated carbocycles. The largest absolute Gasteiger partial charge is 0.461 e. The van der Waals surface area contributed by atoms with E-state index in [0.29, 0.717) is 12.8 Å². The Balaban J connectivity index is 2.61. The van der Waals surface area contributed by atoms with Crippen LogP contribution in [0.1, 0.15) is 18.9 Å². The molecule has 5 nitrogen and oxygen atoms in total. The Morgan fingerprint density at radius 1 is 1.37 bits per heavy atom. The van der Waals surface area contributed by atoms with Gasteiger partial charge in [-0.05, 0) is 30.5 Å². The van der Waals surface area contributed by atoms with Crippen LogP contribution < -0.4 is 0 Å². The van der Waals surface area contributed by atoms with E-state index in [1.807, 2.05) is 0 Å². The van der Waals surface area contributed by atoms with E-state index in [9.17, 15) is 13.2 Å². The molecule has 0 aliphatic heterocycles. The van der Waals surface area contributed by atoms with E-state index < -0.39 is 10.1 Å². The average Bonchev–Trinajstić information content (AvgIpc) is 2.33. The van der Waals surface area contributed by atoms with Crippen LogP contribution in [-0.2, 0) is 26.1 Å². The lowest BCUT2D eigenvalue weighted by Crippen LogP contribution is -2.18. The summed E-state index contributed by atoms with van der Waals surface area (Å²) in [6, 6.07) is 5.85. The molecule has 0 amide bonds. The van der Waals surface area contributed by atoms with Crippen molar-refractivity contribution in [2.24, 2.45) is 0 Å². The van der Waals surface area contributed by atoms with Crippen molar-refractivity contribution in [2.75, 3.05) is 5.88 Å². The smallest absolute Gasteiger partial charge is 0.302 e. The van der Waals surface area contributed by atoms with Crippen molar-refractivity contribution < 1.29 is 22.5 Å². The molecule has 7 heteroatoms. The van der Waals surface area contributed by atoms with Crippen LogP contribution in [-0.4, -0.2) is 30.9 Å². The monoisotopic (exact) mass is 306 g/mol. The molecule has 1 aromatic rings. The van der Waals surface area contributed by atoms with E-state index in [1.54, 1.807) is 12.1 Å². The van der Waals surface area contributed by atoms with Gasteiger partial charge in [0.2, 0.25) is 0 Å². The lowest BCUT2D eigenvalue weighted by atomic mass is 10.1. The first-order chi connectivity index (χ1) is 8.82. The maximum absolute atomic E-state index is 10.9. The van der Waals surface area contributed by atoms with Gasteiger partial charge in [0.15, 0.2) is 0 Å². The average molecular weight is 307 g/mol. The predicted octanol–water partition coefficient (Wildman–Crippen LogP) is 2.04. The van der Waals surface area contributed by atoms with Gasteiger partial charge in [-0.25, -0.2) is 0 Å². The van der Waals surface area contributed by atoms with Crippen molar-refractivity contribution >= 4 is 27.7 Å². The Kier molecular flexibility index (Phi) is 5.78. The maximum atomic E-state index is 10.9. The third-order valence-corrected chi connectivity index (χ3v) is 3.69. The number of esters is 1. The molecule has 0 heterocycles. The van der Waals surface area contributed by atoms with Gasteiger partial charge in [-0.3, -0.25) is 9.35 Å². The number of aryl methyl sites for hydroxylation is 1. The third-order valence-electron chi connectivity index (χ3n) is 2.48. The summed E-state index contributed by atoms with van der Waals surface area (Å²) in [5, 5.41) is 0. The Bertz CT molecular complexity index is 524. The Morgan fingerprint density at radius 2 is 1.95 bits per heavy atom. The van der Waals surface area contributed by atoms with Gasteiger partial charge in [0.05, 0.1) is 10.8 Å². The highest BCUT2D eigenvalue weighted by Gasteiger charge is 2.12. The standard InChI is InChI=1S/C12H15ClO5S/c1-9(14)18-11(8-13)5-2-10-3-6-12(7-4-10)19(15,16)17/h3-4,6-7,11H,2,5,8H2,1H3,(H,15,16,17)/t11-/m1/s1. The van der Waals surface area contributed by atoms with Crippen LogP contribution in [0, 0.1) is 0 Å². The normalized spacial score (nSPS) is 13.0. The van der Waals surface area contributed by atoms with Gasteiger partial charge in [-0.1, -0.05) is 12.1 Å². The molecule has 0 unspecified atom stereocenters.